The zero-order chi connectivity index (χ0) is 26.6. The highest BCUT2D eigenvalue weighted by Crippen LogP contribution is 2.31. The number of hydrogen-bond acceptors (Lipinski definition) is 14. The van der Waals surface area contributed by atoms with Crippen molar-refractivity contribution in [2.24, 2.45) is 0 Å². The standard InChI is InChI=1S/C20H22N8O10/c29-11-7(36-19(13(11)31)27-5-25-9-15(27)21-3-23-17(9)33)1-35-2-8-12(30)14(32)20(37-8)38-28-6-26-10-16(28)22-4-24-18(10)34/h3-8,11-14,19-20,29-32H,1-2H2,(H,21,23,33)(H,22,24,34)/t7-,8-,11?,12-,13?,14-,19-,20-/m1/s1. The van der Waals surface area contributed by atoms with E-state index in [9.17, 15) is 30.0 Å². The van der Waals surface area contributed by atoms with Crippen molar-refractivity contribution in [2.75, 3.05) is 13.2 Å². The highest BCUT2D eigenvalue weighted by Gasteiger charge is 2.47. The lowest BCUT2D eigenvalue weighted by Crippen LogP contribution is -2.38. The Labute approximate surface area is 210 Å². The van der Waals surface area contributed by atoms with Gasteiger partial charge in [0, 0.05) is 0 Å². The third-order valence-electron chi connectivity index (χ3n) is 6.39. The Hall–Kier alpha value is -3.78. The fourth-order valence-corrected chi connectivity index (χ4v) is 4.40. The Balaban J connectivity index is 1.07. The molecule has 0 spiro atoms. The van der Waals surface area contributed by atoms with E-state index in [4.69, 9.17) is 19.0 Å². The van der Waals surface area contributed by atoms with E-state index in [2.05, 4.69) is 29.9 Å². The maximum absolute atomic E-state index is 11.9. The molecule has 0 bridgehead atoms. The van der Waals surface area contributed by atoms with Crippen LogP contribution in [-0.4, -0.2) is 116 Å². The van der Waals surface area contributed by atoms with Crippen LogP contribution in [0.3, 0.4) is 0 Å². The zero-order valence-electron chi connectivity index (χ0n) is 19.3. The molecule has 38 heavy (non-hydrogen) atoms. The molecular formula is C20H22N8O10. The number of fused-ring (bicyclic) bond motifs is 2. The van der Waals surface area contributed by atoms with Crippen LogP contribution >= 0.6 is 0 Å². The minimum absolute atomic E-state index is 0.0160. The van der Waals surface area contributed by atoms with Crippen LogP contribution in [-0.2, 0) is 14.2 Å². The summed E-state index contributed by atoms with van der Waals surface area (Å²) < 4.78 is 19.3. The number of imidazole rings is 2. The predicted octanol–water partition coefficient (Wildman–Crippen LogP) is -4.24. The minimum Gasteiger partial charge on any atom is -0.387 e. The fourth-order valence-electron chi connectivity index (χ4n) is 4.40. The summed E-state index contributed by atoms with van der Waals surface area (Å²) in [5.74, 6) is 0. The van der Waals surface area contributed by atoms with E-state index < -0.39 is 60.3 Å². The average molecular weight is 534 g/mol. The first-order valence-electron chi connectivity index (χ1n) is 11.4. The van der Waals surface area contributed by atoms with Crippen molar-refractivity contribution in [2.45, 2.75) is 49.1 Å². The number of aromatic nitrogens is 8. The van der Waals surface area contributed by atoms with Crippen molar-refractivity contribution >= 4 is 22.3 Å². The number of H-pyrrole nitrogens is 2. The Kier molecular flexibility index (Phi) is 6.14. The number of aromatic amines is 2. The van der Waals surface area contributed by atoms with E-state index in [0.717, 1.165) is 11.1 Å². The van der Waals surface area contributed by atoms with Gasteiger partial charge in [-0.2, -0.15) is 0 Å². The minimum atomic E-state index is -1.47. The van der Waals surface area contributed by atoms with E-state index in [1.54, 1.807) is 0 Å². The molecule has 0 aromatic carbocycles. The van der Waals surface area contributed by atoms with Gasteiger partial charge < -0.3 is 49.4 Å². The Morgan fingerprint density at radius 2 is 1.39 bits per heavy atom. The van der Waals surface area contributed by atoms with Crippen molar-refractivity contribution in [3.63, 3.8) is 0 Å². The smallest absolute Gasteiger partial charge is 0.279 e. The normalized spacial score (nSPS) is 31.5. The van der Waals surface area contributed by atoms with E-state index in [1.807, 2.05) is 0 Å². The summed E-state index contributed by atoms with van der Waals surface area (Å²) in [6, 6.07) is 0. The van der Waals surface area contributed by atoms with Crippen LogP contribution in [0.15, 0.2) is 34.9 Å². The monoisotopic (exact) mass is 534 g/mol. The number of rotatable bonds is 7. The van der Waals surface area contributed by atoms with Gasteiger partial charge in [0.05, 0.1) is 32.2 Å². The Morgan fingerprint density at radius 3 is 2.13 bits per heavy atom. The molecular weight excluding hydrogens is 512 g/mol. The van der Waals surface area contributed by atoms with Gasteiger partial charge in [0.15, 0.2) is 22.9 Å². The van der Waals surface area contributed by atoms with Crippen LogP contribution in [0.25, 0.3) is 22.3 Å². The second-order valence-electron chi connectivity index (χ2n) is 8.74. The molecule has 0 radical (unpaired) electrons. The molecule has 0 saturated carbocycles. The molecule has 6 heterocycles. The van der Waals surface area contributed by atoms with Gasteiger partial charge in [-0.15, -0.1) is 4.73 Å². The SMILES string of the molecule is O=c1[nH]cnc2c1ncn2O[C@H]1O[C@H](COC[C@H]2O[C@@H](n3cnc4c(=O)[nH]cnc43)C(O)C2O)[C@@H](O)[C@H]1O. The summed E-state index contributed by atoms with van der Waals surface area (Å²) in [6.45, 7) is -0.429. The molecule has 2 aliphatic rings. The van der Waals surface area contributed by atoms with Gasteiger partial charge in [-0.05, 0) is 0 Å². The lowest BCUT2D eigenvalue weighted by atomic mass is 10.1. The largest absolute Gasteiger partial charge is 0.387 e. The highest BCUT2D eigenvalue weighted by molar-refractivity contribution is 5.69. The first-order valence-corrected chi connectivity index (χ1v) is 11.4. The van der Waals surface area contributed by atoms with Crippen LogP contribution in [0, 0.1) is 0 Å². The molecule has 6 rings (SSSR count). The van der Waals surface area contributed by atoms with Crippen molar-refractivity contribution in [3.8, 4) is 0 Å². The van der Waals surface area contributed by atoms with E-state index >= 15 is 0 Å². The van der Waals surface area contributed by atoms with Crippen LogP contribution in [0.2, 0.25) is 0 Å². The second-order valence-corrected chi connectivity index (χ2v) is 8.74. The molecule has 2 saturated heterocycles. The van der Waals surface area contributed by atoms with Crippen LogP contribution in [0.4, 0.5) is 0 Å². The molecule has 4 aromatic heterocycles. The molecule has 18 heteroatoms. The number of aliphatic hydroxyl groups is 4. The summed E-state index contributed by atoms with van der Waals surface area (Å²) in [5, 5.41) is 41.8. The number of ether oxygens (including phenoxy) is 3. The lowest BCUT2D eigenvalue weighted by Gasteiger charge is -2.18. The Bertz CT molecular complexity index is 1570. The number of hydrogen-bond donors (Lipinski definition) is 6. The number of nitrogens with one attached hydrogen (secondary N) is 2. The third kappa shape index (κ3) is 4.04. The van der Waals surface area contributed by atoms with Crippen LogP contribution < -0.4 is 16.0 Å². The predicted molar refractivity (Wildman–Crippen MR) is 120 cm³/mol. The maximum atomic E-state index is 11.9. The lowest BCUT2D eigenvalue weighted by molar-refractivity contribution is -0.173. The molecule has 4 aromatic rings. The molecule has 18 nitrogen and oxygen atoms in total. The van der Waals surface area contributed by atoms with Gasteiger partial charge in [-0.1, -0.05) is 0 Å². The van der Waals surface area contributed by atoms with Gasteiger partial charge in [0.2, 0.25) is 5.65 Å². The van der Waals surface area contributed by atoms with Crippen molar-refractivity contribution in [3.05, 3.63) is 46.0 Å². The fraction of sp³-hybridized carbons (Fsp3) is 0.500. The topological polar surface area (TPSA) is 245 Å². The summed E-state index contributed by atoms with van der Waals surface area (Å²) in [6.07, 6.45) is -5.19. The first kappa shape index (κ1) is 24.6. The quantitative estimate of drug-likeness (QED) is 0.132. The third-order valence-corrected chi connectivity index (χ3v) is 6.39. The zero-order valence-corrected chi connectivity index (χ0v) is 19.3. The summed E-state index contributed by atoms with van der Waals surface area (Å²) >= 11 is 0. The van der Waals surface area contributed by atoms with Crippen molar-refractivity contribution < 1.29 is 39.5 Å². The van der Waals surface area contributed by atoms with Gasteiger partial charge in [0.25, 0.3) is 17.4 Å². The maximum Gasteiger partial charge on any atom is 0.279 e. The first-order chi connectivity index (χ1) is 18.3. The molecule has 2 fully saturated rings. The number of aliphatic hydroxyl groups excluding tert-OH is 4. The van der Waals surface area contributed by atoms with Crippen molar-refractivity contribution in [1.82, 2.24) is 39.2 Å². The van der Waals surface area contributed by atoms with Gasteiger partial charge in [-0.25, -0.2) is 19.9 Å². The molecule has 202 valence electrons. The van der Waals surface area contributed by atoms with E-state index in [0.29, 0.717) is 0 Å². The molecule has 2 unspecified atom stereocenters. The molecule has 0 amide bonds. The van der Waals surface area contributed by atoms with Gasteiger partial charge in [0.1, 0.15) is 43.0 Å². The van der Waals surface area contributed by atoms with Crippen LogP contribution in [0.1, 0.15) is 6.23 Å². The molecule has 0 aliphatic carbocycles. The summed E-state index contributed by atoms with van der Waals surface area (Å²) in [5.41, 5.74) is -0.628. The summed E-state index contributed by atoms with van der Waals surface area (Å²) in [4.78, 5) is 49.9. The second kappa shape index (κ2) is 9.51. The molecule has 6 N–H and O–H groups in total. The molecule has 8 atom stereocenters. The van der Waals surface area contributed by atoms with E-state index in [1.165, 1.54) is 23.5 Å². The van der Waals surface area contributed by atoms with E-state index in [-0.39, 0.29) is 35.5 Å². The number of nitrogens with zero attached hydrogens (tertiary/aromatic N) is 6. The van der Waals surface area contributed by atoms with Crippen LogP contribution in [0.5, 0.6) is 0 Å². The highest BCUT2D eigenvalue weighted by atomic mass is 16.8. The molecule has 2 aliphatic heterocycles. The average Bonchev–Trinajstić information content (AvgIpc) is 3.65. The van der Waals surface area contributed by atoms with Gasteiger partial charge in [-0.3, -0.25) is 14.2 Å². The van der Waals surface area contributed by atoms with Gasteiger partial charge >= 0.3 is 0 Å². The Morgan fingerprint density at radius 1 is 0.789 bits per heavy atom. The van der Waals surface area contributed by atoms with Crippen molar-refractivity contribution in [1.29, 1.82) is 0 Å². The summed E-state index contributed by atoms with van der Waals surface area (Å²) in [7, 11) is 0.